The molecule has 0 aliphatic carbocycles. The number of phenols is 2. The molecule has 0 atom stereocenters. The summed E-state index contributed by atoms with van der Waals surface area (Å²) in [4.78, 5) is 19.5. The lowest BCUT2D eigenvalue weighted by atomic mass is 10.0. The van der Waals surface area contributed by atoms with Gasteiger partial charge in [0.2, 0.25) is 0 Å². The van der Waals surface area contributed by atoms with Gasteiger partial charge in [-0.2, -0.15) is 0 Å². The van der Waals surface area contributed by atoms with E-state index >= 15 is 0 Å². The Balaban J connectivity index is 1.30. The standard InChI is InChI=1S/C27H28N2O4/c30-25-15-22(16-26(31)18-25)6-3-20-1-4-21(5-2-20)17-27(32)23-7-8-24(28-19-23)9-10-29-11-13-33-14-12-29/h1-8,15-16,18-19,30-31H,9-14,17H2/b6-3+. The molecule has 0 amide bonds. The van der Waals surface area contributed by atoms with E-state index in [-0.39, 0.29) is 17.3 Å². The van der Waals surface area contributed by atoms with Crippen LogP contribution in [-0.2, 0) is 17.6 Å². The van der Waals surface area contributed by atoms with Crippen LogP contribution in [0.25, 0.3) is 12.2 Å². The Hall–Kier alpha value is -3.48. The molecule has 1 aromatic heterocycles. The largest absolute Gasteiger partial charge is 0.508 e. The van der Waals surface area contributed by atoms with Crippen molar-refractivity contribution < 1.29 is 19.7 Å². The van der Waals surface area contributed by atoms with Crippen molar-refractivity contribution in [3.8, 4) is 11.5 Å². The Morgan fingerprint density at radius 2 is 1.64 bits per heavy atom. The van der Waals surface area contributed by atoms with Crippen LogP contribution >= 0.6 is 0 Å². The SMILES string of the molecule is O=C(Cc1ccc(/C=C/c2cc(O)cc(O)c2)cc1)c1ccc(CCN2CCOCC2)nc1. The summed E-state index contributed by atoms with van der Waals surface area (Å²) in [5.74, 6) is 0.0760. The van der Waals surface area contributed by atoms with E-state index in [1.54, 1.807) is 18.3 Å². The number of nitrogens with zero attached hydrogens (tertiary/aromatic N) is 2. The molecule has 6 heteroatoms. The molecular weight excluding hydrogens is 416 g/mol. The van der Waals surface area contributed by atoms with Crippen LogP contribution in [0, 0.1) is 0 Å². The van der Waals surface area contributed by atoms with Crippen LogP contribution in [-0.4, -0.2) is 58.7 Å². The molecule has 1 saturated heterocycles. The summed E-state index contributed by atoms with van der Waals surface area (Å²) >= 11 is 0. The van der Waals surface area contributed by atoms with E-state index in [2.05, 4.69) is 9.88 Å². The van der Waals surface area contributed by atoms with Gasteiger partial charge in [-0.3, -0.25) is 14.7 Å². The van der Waals surface area contributed by atoms with Crippen LogP contribution in [0.15, 0.2) is 60.8 Å². The Morgan fingerprint density at radius 3 is 2.30 bits per heavy atom. The van der Waals surface area contributed by atoms with Gasteiger partial charge >= 0.3 is 0 Å². The van der Waals surface area contributed by atoms with Crippen LogP contribution in [0.4, 0.5) is 0 Å². The first-order valence-corrected chi connectivity index (χ1v) is 11.1. The highest BCUT2D eigenvalue weighted by molar-refractivity contribution is 5.97. The summed E-state index contributed by atoms with van der Waals surface area (Å²) in [5.41, 5.74) is 4.21. The Kier molecular flexibility index (Phi) is 7.50. The van der Waals surface area contributed by atoms with E-state index in [4.69, 9.17) is 4.74 Å². The molecule has 1 aliphatic heterocycles. The number of ketones is 1. The summed E-state index contributed by atoms with van der Waals surface area (Å²) in [7, 11) is 0. The number of phenolic OH excluding ortho intramolecular Hbond substituents is 2. The number of carbonyl (C=O) groups excluding carboxylic acids is 1. The molecule has 170 valence electrons. The molecule has 6 nitrogen and oxygen atoms in total. The smallest absolute Gasteiger partial charge is 0.168 e. The van der Waals surface area contributed by atoms with Gasteiger partial charge in [-0.1, -0.05) is 36.4 Å². The predicted molar refractivity (Wildman–Crippen MR) is 128 cm³/mol. The van der Waals surface area contributed by atoms with Gasteiger partial charge in [-0.15, -0.1) is 0 Å². The summed E-state index contributed by atoms with van der Waals surface area (Å²) in [6.07, 6.45) is 6.56. The van der Waals surface area contributed by atoms with E-state index in [1.165, 1.54) is 6.07 Å². The molecule has 2 heterocycles. The maximum Gasteiger partial charge on any atom is 0.168 e. The van der Waals surface area contributed by atoms with E-state index in [0.29, 0.717) is 17.5 Å². The van der Waals surface area contributed by atoms with Gasteiger partial charge in [-0.25, -0.2) is 0 Å². The highest BCUT2D eigenvalue weighted by Gasteiger charge is 2.11. The predicted octanol–water partition coefficient (Wildman–Crippen LogP) is 3.96. The van der Waals surface area contributed by atoms with Gasteiger partial charge in [0.25, 0.3) is 0 Å². The molecule has 2 aromatic carbocycles. The van der Waals surface area contributed by atoms with Crippen molar-refractivity contribution in [3.63, 3.8) is 0 Å². The number of ether oxygens (including phenoxy) is 1. The Morgan fingerprint density at radius 1 is 0.939 bits per heavy atom. The van der Waals surface area contributed by atoms with Crippen LogP contribution in [0.5, 0.6) is 11.5 Å². The van der Waals surface area contributed by atoms with E-state index in [1.807, 2.05) is 48.6 Å². The third-order valence-electron chi connectivity index (χ3n) is 5.67. The lowest BCUT2D eigenvalue weighted by Gasteiger charge is -2.26. The van der Waals surface area contributed by atoms with Gasteiger partial charge < -0.3 is 14.9 Å². The van der Waals surface area contributed by atoms with E-state index in [0.717, 1.165) is 56.1 Å². The fourth-order valence-electron chi connectivity index (χ4n) is 3.78. The second-order valence-electron chi connectivity index (χ2n) is 8.20. The normalized spacial score (nSPS) is 14.5. The topological polar surface area (TPSA) is 82.9 Å². The summed E-state index contributed by atoms with van der Waals surface area (Å²) in [5, 5.41) is 19.1. The lowest BCUT2D eigenvalue weighted by Crippen LogP contribution is -2.37. The number of benzene rings is 2. The fourth-order valence-corrected chi connectivity index (χ4v) is 3.78. The van der Waals surface area contributed by atoms with Crippen molar-refractivity contribution >= 4 is 17.9 Å². The molecule has 0 saturated carbocycles. The van der Waals surface area contributed by atoms with Crippen LogP contribution in [0.3, 0.4) is 0 Å². The minimum atomic E-state index is 0.0168. The third-order valence-corrected chi connectivity index (χ3v) is 5.67. The summed E-state index contributed by atoms with van der Waals surface area (Å²) in [6, 6.07) is 16.0. The first-order valence-electron chi connectivity index (χ1n) is 11.1. The van der Waals surface area contributed by atoms with Crippen molar-refractivity contribution in [1.82, 2.24) is 9.88 Å². The molecule has 4 rings (SSSR count). The molecule has 0 unspecified atom stereocenters. The number of carbonyl (C=O) groups is 1. The van der Waals surface area contributed by atoms with E-state index in [9.17, 15) is 15.0 Å². The van der Waals surface area contributed by atoms with Crippen LogP contribution < -0.4 is 0 Å². The number of rotatable bonds is 8. The second kappa shape index (κ2) is 10.9. The first-order chi connectivity index (χ1) is 16.0. The molecule has 1 fully saturated rings. The average Bonchev–Trinajstić information content (AvgIpc) is 2.83. The summed E-state index contributed by atoms with van der Waals surface area (Å²) in [6.45, 7) is 4.47. The van der Waals surface area contributed by atoms with Crippen LogP contribution in [0.2, 0.25) is 0 Å². The second-order valence-corrected chi connectivity index (χ2v) is 8.20. The van der Waals surface area contributed by atoms with Crippen molar-refractivity contribution in [2.75, 3.05) is 32.8 Å². The number of morpholine rings is 1. The maximum atomic E-state index is 12.7. The fraction of sp³-hybridized carbons (Fsp3) is 0.259. The van der Waals surface area contributed by atoms with Gasteiger partial charge in [0.15, 0.2) is 5.78 Å². The molecule has 0 spiro atoms. The monoisotopic (exact) mass is 444 g/mol. The highest BCUT2D eigenvalue weighted by atomic mass is 16.5. The zero-order valence-corrected chi connectivity index (χ0v) is 18.5. The minimum absolute atomic E-state index is 0.0168. The van der Waals surface area contributed by atoms with Gasteiger partial charge in [-0.05, 0) is 41.0 Å². The number of hydrogen-bond acceptors (Lipinski definition) is 6. The van der Waals surface area contributed by atoms with Crippen molar-refractivity contribution in [2.24, 2.45) is 0 Å². The minimum Gasteiger partial charge on any atom is -0.508 e. The Bertz CT molecular complexity index is 1080. The lowest BCUT2D eigenvalue weighted by molar-refractivity contribution is 0.0383. The van der Waals surface area contributed by atoms with Crippen molar-refractivity contribution in [2.45, 2.75) is 12.8 Å². The quantitative estimate of drug-likeness (QED) is 0.404. The molecule has 0 bridgehead atoms. The Labute approximate surface area is 193 Å². The molecule has 0 radical (unpaired) electrons. The van der Waals surface area contributed by atoms with Gasteiger partial charge in [0.1, 0.15) is 11.5 Å². The molecule has 3 aromatic rings. The molecular formula is C27H28N2O4. The van der Waals surface area contributed by atoms with Gasteiger partial charge in [0.05, 0.1) is 13.2 Å². The number of aromatic nitrogens is 1. The molecule has 1 aliphatic rings. The average molecular weight is 445 g/mol. The van der Waals surface area contributed by atoms with Crippen molar-refractivity contribution in [3.05, 3.63) is 88.7 Å². The highest BCUT2D eigenvalue weighted by Crippen LogP contribution is 2.22. The number of pyridine rings is 1. The molecule has 33 heavy (non-hydrogen) atoms. The third kappa shape index (κ3) is 6.75. The zero-order valence-electron chi connectivity index (χ0n) is 18.5. The van der Waals surface area contributed by atoms with E-state index < -0.39 is 0 Å². The zero-order chi connectivity index (χ0) is 23.0. The van der Waals surface area contributed by atoms with Crippen LogP contribution in [0.1, 0.15) is 32.7 Å². The summed E-state index contributed by atoms with van der Waals surface area (Å²) < 4.78 is 5.37. The number of Topliss-reactive ketones (excluding diaryl/α,β-unsaturated/α-hetero) is 1. The van der Waals surface area contributed by atoms with Crippen molar-refractivity contribution in [1.29, 1.82) is 0 Å². The van der Waals surface area contributed by atoms with Gasteiger partial charge in [0, 0.05) is 56.0 Å². The number of aromatic hydroxyl groups is 2. The molecule has 2 N–H and O–H groups in total. The number of hydrogen-bond donors (Lipinski definition) is 2. The maximum absolute atomic E-state index is 12.7. The first kappa shape index (κ1) is 22.7.